The fourth-order valence-corrected chi connectivity index (χ4v) is 22.2. The molecule has 14 atom stereocenters. The molecule has 5 aromatic rings. The molecule has 8 bridgehead atoms. The smallest absolute Gasteiger partial charge is 0.264 e. The number of nitrogens with one attached hydrogen (secondary N) is 2. The number of allylic oxidation sites excluding steroid dienone is 2. The van der Waals surface area contributed by atoms with Crippen LogP contribution in [-0.2, 0) is 54.5 Å². The number of amides is 2. The zero-order chi connectivity index (χ0) is 72.7. The zero-order valence-corrected chi connectivity index (χ0v) is 63.8. The third kappa shape index (κ3) is 13.8. The highest BCUT2D eigenvalue weighted by Gasteiger charge is 2.56. The van der Waals surface area contributed by atoms with Gasteiger partial charge in [-0.15, -0.1) is 0 Å². The molecule has 21 heteroatoms. The highest BCUT2D eigenvalue weighted by Crippen LogP contribution is 2.56. The molecule has 2 amide bonds. The number of rotatable bonds is 7. The van der Waals surface area contributed by atoms with E-state index in [1.54, 1.807) is 43.5 Å². The van der Waals surface area contributed by atoms with Gasteiger partial charge in [-0.3, -0.25) is 24.4 Å². The number of morpholine rings is 1. The van der Waals surface area contributed by atoms with Crippen molar-refractivity contribution in [3.8, 4) is 11.5 Å². The molecule has 2 saturated heterocycles. The second kappa shape index (κ2) is 29.7. The van der Waals surface area contributed by atoms with Crippen molar-refractivity contribution in [2.75, 3.05) is 109 Å². The van der Waals surface area contributed by atoms with Crippen LogP contribution in [0.15, 0.2) is 108 Å². The first-order valence-corrected chi connectivity index (χ1v) is 41.4. The van der Waals surface area contributed by atoms with Gasteiger partial charge < -0.3 is 38.8 Å². The number of aromatic nitrogens is 1. The van der Waals surface area contributed by atoms with Crippen LogP contribution in [0, 0.1) is 64.9 Å². The summed E-state index contributed by atoms with van der Waals surface area (Å²) in [6, 6.07) is 24.9. The Bertz CT molecular complexity index is 4290. The molecule has 1 aromatic heterocycles. The Balaban J connectivity index is 0.000000162. The molecule has 19 rings (SSSR count). The molecule has 562 valence electrons. The number of carbonyl (C=O) groups excluding carboxylic acids is 2. The first-order valence-electron chi connectivity index (χ1n) is 39.1. The van der Waals surface area contributed by atoms with E-state index in [1.165, 1.54) is 24.0 Å². The second-order valence-corrected chi connectivity index (χ2v) is 36.1. The molecule has 14 aliphatic rings. The van der Waals surface area contributed by atoms with Gasteiger partial charge in [0.2, 0.25) is 10.0 Å². The van der Waals surface area contributed by atoms with E-state index in [9.17, 15) is 18.0 Å². The van der Waals surface area contributed by atoms with Crippen molar-refractivity contribution in [3.63, 3.8) is 0 Å². The number of anilines is 2. The number of piperidine rings is 1. The lowest BCUT2D eigenvalue weighted by Crippen LogP contribution is -2.61. The minimum absolute atomic E-state index is 0.0465. The summed E-state index contributed by atoms with van der Waals surface area (Å²) in [5.74, 6) is 2.46. The Morgan fingerprint density at radius 1 is 0.695 bits per heavy atom. The van der Waals surface area contributed by atoms with Crippen LogP contribution in [-0.4, -0.2) is 157 Å². The minimum atomic E-state index is -3.98. The zero-order valence-electron chi connectivity index (χ0n) is 61.5. The van der Waals surface area contributed by atoms with Gasteiger partial charge in [0.1, 0.15) is 28.7 Å². The predicted octanol–water partition coefficient (Wildman–Crippen LogP) is 14.1. The molecular weight excluding hydrogens is 1390 g/mol. The quantitative estimate of drug-likeness (QED) is 0.148. The maximum atomic E-state index is 15.6. The first kappa shape index (κ1) is 73.0. The number of carbonyl (C=O) groups is 2. The normalized spacial score (nSPS) is 33.1. The van der Waals surface area contributed by atoms with Gasteiger partial charge in [0.25, 0.3) is 11.8 Å². The third-order valence-electron chi connectivity index (χ3n) is 27.7. The molecule has 9 heterocycles. The van der Waals surface area contributed by atoms with Crippen LogP contribution in [0.4, 0.5) is 20.2 Å². The minimum Gasteiger partial charge on any atom is -0.490 e. The standard InChI is InChI=1S/C45H60ClFN4O4.C39H43ClFN3O5S/c1-29-24-48-43(52)31-7-11-41-40(23-31)51(26-44(28-55-41)14-4-5-36-38(44)9-10-39(46)42(36)47)25-32-6-8-37(32)45(53-3,34-21-33(22-34)30(29)2)27-49-15-12-35(13-16-49)50-17-19-54-20-18-50;1-23-24(2)50(46,47)43-38(45)25-9-13-35-34(18-25)44(21-39(22-49-35)14-5-7-31-32(39)11-12-33(40)36(31)41)19-26-8-10-30(26)37(28-16-27(23)17-28)48-20-29-6-3-4-15-42-29/h7,9-11,21,23,29-30,32-33,35,37H,4-6,8,12-20,22,24-28H2,1-3H3,(H,48,52);3-4,6,9,11-13,15-16,18,23-24,26-27,30,37H,5,7-8,10,14,17,19-22H2,1-2H3,(H,43,45)/t29-,30+,32-,33-,37+,44-,45-;23-,24-,26+,27+,30-,37+,39+/m01/s1. The number of benzene rings is 4. The summed E-state index contributed by atoms with van der Waals surface area (Å²) in [5, 5.41) is 2.80. The summed E-state index contributed by atoms with van der Waals surface area (Å²) < 4.78 is 93.3. The number of ether oxygens (including phenoxy) is 5. The molecule has 4 aromatic carbocycles. The van der Waals surface area contributed by atoms with Crippen LogP contribution in [0.1, 0.15) is 153 Å². The molecule has 8 aliphatic heterocycles. The number of pyridine rings is 1. The number of methoxy groups -OCH3 is 1. The van der Waals surface area contributed by atoms with Crippen LogP contribution in [0.5, 0.6) is 11.5 Å². The first-order chi connectivity index (χ1) is 50.7. The monoisotopic (exact) mass is 1490 g/mol. The van der Waals surface area contributed by atoms with E-state index in [1.807, 2.05) is 62.6 Å². The van der Waals surface area contributed by atoms with E-state index >= 15 is 8.78 Å². The van der Waals surface area contributed by atoms with Gasteiger partial charge in [-0.2, -0.15) is 0 Å². The maximum Gasteiger partial charge on any atom is 0.264 e. The summed E-state index contributed by atoms with van der Waals surface area (Å²) in [5.41, 5.74) is 8.22. The van der Waals surface area contributed by atoms with Crippen molar-refractivity contribution in [3.05, 3.63) is 169 Å². The number of hydrogen-bond donors (Lipinski definition) is 2. The van der Waals surface area contributed by atoms with Crippen molar-refractivity contribution in [1.82, 2.24) is 24.8 Å². The van der Waals surface area contributed by atoms with Gasteiger partial charge in [0.05, 0.1) is 71.5 Å². The van der Waals surface area contributed by atoms with Crippen molar-refractivity contribution in [2.45, 2.75) is 158 Å². The van der Waals surface area contributed by atoms with Gasteiger partial charge in [-0.25, -0.2) is 21.9 Å². The maximum absolute atomic E-state index is 15.6. The largest absolute Gasteiger partial charge is 0.490 e. The van der Waals surface area contributed by atoms with Crippen molar-refractivity contribution in [1.29, 1.82) is 0 Å². The lowest BCUT2D eigenvalue weighted by Gasteiger charge is -2.56. The number of likely N-dealkylation sites (tertiary alicyclic amines) is 1. The van der Waals surface area contributed by atoms with Gasteiger partial charge in [0.15, 0.2) is 0 Å². The van der Waals surface area contributed by atoms with Crippen LogP contribution in [0.3, 0.4) is 0 Å². The van der Waals surface area contributed by atoms with E-state index in [-0.39, 0.29) is 62.6 Å². The molecular formula is C84H103Cl2F2N7O9S. The summed E-state index contributed by atoms with van der Waals surface area (Å²) in [6.45, 7) is 19.7. The van der Waals surface area contributed by atoms with Crippen LogP contribution >= 0.6 is 23.2 Å². The molecule has 6 aliphatic carbocycles. The summed E-state index contributed by atoms with van der Waals surface area (Å²) in [6.07, 6.45) is 19.6. The van der Waals surface area contributed by atoms with E-state index in [0.717, 1.165) is 156 Å². The predicted molar refractivity (Wildman–Crippen MR) is 405 cm³/mol. The number of hydrogen-bond acceptors (Lipinski definition) is 14. The Kier molecular flexibility index (Phi) is 20.6. The molecule has 105 heavy (non-hydrogen) atoms. The highest BCUT2D eigenvalue weighted by atomic mass is 35.5. The van der Waals surface area contributed by atoms with Gasteiger partial charge >= 0.3 is 0 Å². The lowest BCUT2D eigenvalue weighted by atomic mass is 9.57. The van der Waals surface area contributed by atoms with Crippen LogP contribution in [0.25, 0.3) is 0 Å². The highest BCUT2D eigenvalue weighted by molar-refractivity contribution is 7.90. The van der Waals surface area contributed by atoms with Crippen molar-refractivity contribution < 1.29 is 50.5 Å². The van der Waals surface area contributed by atoms with Gasteiger partial charge in [0, 0.05) is 93.7 Å². The van der Waals surface area contributed by atoms with Crippen LogP contribution < -0.4 is 29.3 Å². The molecule has 2 N–H and O–H groups in total. The SMILES string of the molecule is CO[C@@]1(CN2CCC(N3CCOCC3)CC2)C2=C[C@@H](C2)[C@H](C)[C@@H](C)CNC(=O)c2ccc3c(c2)N(C[C@@H]2CC[C@H]21)C[C@@]1(CCCc2c1ccc(Cl)c2F)CO3.C[C@@H]1[C@@H](C)S(=O)(=O)NC(=O)c2ccc3c(c2)N(C[C@@H]2CC[C@H]2[C@@H](OCc2ccccn2)C2=C[C@H]1C2)C[C@@]1(CCCc2c1ccc(Cl)c2F)CO3. The number of fused-ring (bicyclic) bond motifs is 12. The van der Waals surface area contributed by atoms with Crippen molar-refractivity contribution in [2.24, 2.45) is 53.3 Å². The molecule has 0 radical (unpaired) electrons. The fourth-order valence-electron chi connectivity index (χ4n) is 20.5. The number of sulfonamides is 1. The van der Waals surface area contributed by atoms with Crippen molar-refractivity contribution >= 4 is 56.4 Å². The summed E-state index contributed by atoms with van der Waals surface area (Å²) in [7, 11) is -2.01. The molecule has 0 unspecified atom stereocenters. The topological polar surface area (TPSA) is 164 Å². The molecule has 4 fully saturated rings. The van der Waals surface area contributed by atoms with Gasteiger partial charge in [-0.05, 0) is 257 Å². The Morgan fingerprint density at radius 2 is 1.30 bits per heavy atom. The molecule has 2 saturated carbocycles. The summed E-state index contributed by atoms with van der Waals surface area (Å²) in [4.78, 5) is 42.0. The average molecular weight is 1500 g/mol. The van der Waals surface area contributed by atoms with E-state index in [0.29, 0.717) is 117 Å². The van der Waals surface area contributed by atoms with Gasteiger partial charge in [-0.1, -0.05) is 74.3 Å². The Morgan fingerprint density at radius 3 is 1.87 bits per heavy atom. The third-order valence-corrected chi connectivity index (χ3v) is 30.1. The lowest BCUT2D eigenvalue weighted by molar-refractivity contribution is -0.109. The second-order valence-electron chi connectivity index (χ2n) is 33.2. The number of halogens is 4. The van der Waals surface area contributed by atoms with Crippen LogP contribution in [0.2, 0.25) is 10.0 Å². The molecule has 16 nitrogen and oxygen atoms in total. The van der Waals surface area contributed by atoms with E-state index in [2.05, 4.69) is 60.6 Å². The molecule has 2 spiro atoms. The Hall–Kier alpha value is -6.16. The van der Waals surface area contributed by atoms with E-state index in [4.69, 9.17) is 46.9 Å². The fraction of sp³-hybridized carbons (Fsp3) is 0.583. The average Bonchev–Trinajstić information content (AvgIpc) is 1.58. The number of nitrogens with zero attached hydrogens (tertiary/aromatic N) is 5. The Labute approximate surface area is 628 Å². The summed E-state index contributed by atoms with van der Waals surface area (Å²) >= 11 is 12.6. The van der Waals surface area contributed by atoms with E-state index < -0.39 is 32.0 Å².